The Morgan fingerprint density at radius 2 is 1.48 bits per heavy atom. The standard InChI is InChI=1S/C30H35N3O9P2/c1-20(34)31-26(17-22-12-15-27(43(37,38)39)28(18-22)44(40,41)42)29(35)32-25-9-5-6-16-33(30(25)36)19-21-10-13-24(14-11-21)23-7-3-2-4-8-23/h2-4,7-8,10-15,18,25-26H,5-6,9,16-17,19H2,1H3,(H,31,34)(H,32,35)(H2,37,38,39)(H2,40,41,42)/t25-,26+/m1/s1. The van der Waals surface area contributed by atoms with Crippen LogP contribution in [-0.2, 0) is 36.5 Å². The molecule has 6 N–H and O–H groups in total. The van der Waals surface area contributed by atoms with Crippen LogP contribution in [0, 0.1) is 0 Å². The fourth-order valence-electron chi connectivity index (χ4n) is 5.19. The van der Waals surface area contributed by atoms with E-state index in [-0.39, 0.29) is 17.9 Å². The third-order valence-electron chi connectivity index (χ3n) is 7.33. The molecule has 4 rings (SSSR count). The molecule has 12 nitrogen and oxygen atoms in total. The van der Waals surface area contributed by atoms with Crippen LogP contribution >= 0.6 is 15.2 Å². The van der Waals surface area contributed by atoms with Crippen molar-refractivity contribution in [3.8, 4) is 11.1 Å². The van der Waals surface area contributed by atoms with E-state index in [1.165, 1.54) is 13.0 Å². The lowest BCUT2D eigenvalue weighted by Gasteiger charge is -2.27. The number of benzene rings is 3. The van der Waals surface area contributed by atoms with Gasteiger partial charge >= 0.3 is 15.2 Å². The summed E-state index contributed by atoms with van der Waals surface area (Å²) in [6, 6.07) is 18.8. The molecule has 234 valence electrons. The molecule has 1 heterocycles. The second-order valence-corrected chi connectivity index (χ2v) is 13.9. The number of hydrogen-bond acceptors (Lipinski definition) is 5. The van der Waals surface area contributed by atoms with E-state index in [9.17, 15) is 43.1 Å². The molecular formula is C30H35N3O9P2. The summed E-state index contributed by atoms with van der Waals surface area (Å²) in [5.74, 6) is -1.50. The summed E-state index contributed by atoms with van der Waals surface area (Å²) in [7, 11) is -10.1. The van der Waals surface area contributed by atoms with Gasteiger partial charge < -0.3 is 35.1 Å². The summed E-state index contributed by atoms with van der Waals surface area (Å²) in [5.41, 5.74) is 3.20. The minimum absolute atomic E-state index is 0.141. The molecule has 3 aromatic rings. The Kier molecular flexibility index (Phi) is 10.6. The lowest BCUT2D eigenvalue weighted by atomic mass is 10.0. The lowest BCUT2D eigenvalue weighted by molar-refractivity contribution is -0.137. The van der Waals surface area contributed by atoms with E-state index in [4.69, 9.17) is 0 Å². The normalized spacial score (nSPS) is 16.6. The van der Waals surface area contributed by atoms with Crippen LogP contribution in [0.3, 0.4) is 0 Å². The SMILES string of the molecule is CC(=O)N[C@@H](Cc1ccc(P(=O)(O)O)c(P(=O)(O)O)c1)C(=O)N[C@@H]1CCCCN(Cc2ccc(-c3ccccc3)cc2)C1=O. The summed E-state index contributed by atoms with van der Waals surface area (Å²) >= 11 is 0. The summed E-state index contributed by atoms with van der Waals surface area (Å²) in [4.78, 5) is 79.0. The van der Waals surface area contributed by atoms with Gasteiger partial charge in [-0.3, -0.25) is 23.5 Å². The van der Waals surface area contributed by atoms with Crippen molar-refractivity contribution in [1.82, 2.24) is 15.5 Å². The molecule has 1 saturated heterocycles. The third kappa shape index (κ3) is 8.72. The zero-order chi connectivity index (χ0) is 32.1. The second kappa shape index (κ2) is 14.0. The number of rotatable bonds is 10. The van der Waals surface area contributed by atoms with Crippen molar-refractivity contribution in [2.24, 2.45) is 0 Å². The van der Waals surface area contributed by atoms with E-state index < -0.39 is 49.7 Å². The highest BCUT2D eigenvalue weighted by Crippen LogP contribution is 2.40. The Hall–Kier alpha value is -3.63. The van der Waals surface area contributed by atoms with Crippen LogP contribution in [0.2, 0.25) is 0 Å². The van der Waals surface area contributed by atoms with Gasteiger partial charge in [0.05, 0.1) is 10.6 Å². The lowest BCUT2D eigenvalue weighted by Crippen LogP contribution is -2.54. The van der Waals surface area contributed by atoms with Crippen LogP contribution in [0.25, 0.3) is 11.1 Å². The van der Waals surface area contributed by atoms with Gasteiger partial charge in [0.1, 0.15) is 12.1 Å². The molecule has 0 radical (unpaired) electrons. The topological polar surface area (TPSA) is 194 Å². The molecule has 0 bridgehead atoms. The minimum Gasteiger partial charge on any atom is -0.344 e. The number of amides is 3. The van der Waals surface area contributed by atoms with Gasteiger partial charge in [0, 0.05) is 26.4 Å². The van der Waals surface area contributed by atoms with Crippen molar-refractivity contribution in [3.63, 3.8) is 0 Å². The van der Waals surface area contributed by atoms with Gasteiger partial charge in [-0.15, -0.1) is 0 Å². The fraction of sp³-hybridized carbons (Fsp3) is 0.300. The van der Waals surface area contributed by atoms with E-state index >= 15 is 0 Å². The quantitative estimate of drug-likeness (QED) is 0.178. The van der Waals surface area contributed by atoms with Crippen molar-refractivity contribution in [2.45, 2.75) is 51.2 Å². The zero-order valence-electron chi connectivity index (χ0n) is 24.0. The first-order valence-electron chi connectivity index (χ1n) is 14.0. The maximum absolute atomic E-state index is 13.5. The van der Waals surface area contributed by atoms with Crippen LogP contribution in [0.5, 0.6) is 0 Å². The summed E-state index contributed by atoms with van der Waals surface area (Å²) in [6.45, 7) is 2.06. The Morgan fingerprint density at radius 1 is 0.864 bits per heavy atom. The largest absolute Gasteiger partial charge is 0.357 e. The monoisotopic (exact) mass is 643 g/mol. The van der Waals surface area contributed by atoms with E-state index in [1.54, 1.807) is 4.90 Å². The second-order valence-electron chi connectivity index (χ2n) is 10.7. The molecule has 1 aliphatic heterocycles. The summed E-state index contributed by atoms with van der Waals surface area (Å²) < 4.78 is 23.8. The van der Waals surface area contributed by atoms with Crippen LogP contribution in [-0.4, -0.2) is 60.8 Å². The highest BCUT2D eigenvalue weighted by atomic mass is 31.2. The number of carbonyl (C=O) groups is 3. The molecule has 1 fully saturated rings. The summed E-state index contributed by atoms with van der Waals surface area (Å²) in [6.07, 6.45) is 1.56. The molecule has 0 spiro atoms. The molecule has 3 aromatic carbocycles. The molecule has 2 atom stereocenters. The third-order valence-corrected chi connectivity index (χ3v) is 9.52. The first kappa shape index (κ1) is 33.3. The predicted molar refractivity (Wildman–Crippen MR) is 164 cm³/mol. The van der Waals surface area contributed by atoms with Crippen molar-refractivity contribution in [3.05, 3.63) is 83.9 Å². The molecule has 1 aliphatic rings. The number of likely N-dealkylation sites (tertiary alicyclic amines) is 1. The van der Waals surface area contributed by atoms with Crippen molar-refractivity contribution in [1.29, 1.82) is 0 Å². The van der Waals surface area contributed by atoms with Gasteiger partial charge in [0.2, 0.25) is 17.7 Å². The van der Waals surface area contributed by atoms with E-state index in [1.807, 2.05) is 54.6 Å². The predicted octanol–water partition coefficient (Wildman–Crippen LogP) is 1.70. The number of hydrogen-bond donors (Lipinski definition) is 6. The maximum atomic E-state index is 13.5. The molecular weight excluding hydrogens is 608 g/mol. The number of nitrogens with zero attached hydrogens (tertiary/aromatic N) is 1. The van der Waals surface area contributed by atoms with E-state index in [2.05, 4.69) is 10.6 Å². The van der Waals surface area contributed by atoms with Crippen LogP contribution in [0.4, 0.5) is 0 Å². The van der Waals surface area contributed by atoms with Gasteiger partial charge in [0.15, 0.2) is 0 Å². The average Bonchev–Trinajstić information content (AvgIpc) is 3.13. The van der Waals surface area contributed by atoms with E-state index in [0.717, 1.165) is 35.2 Å². The first-order valence-corrected chi connectivity index (χ1v) is 17.2. The smallest absolute Gasteiger partial charge is 0.344 e. The van der Waals surface area contributed by atoms with Gasteiger partial charge in [-0.05, 0) is 53.6 Å². The highest BCUT2D eigenvalue weighted by molar-refractivity contribution is 7.67. The van der Waals surface area contributed by atoms with Gasteiger partial charge in [-0.1, -0.05) is 60.7 Å². The summed E-state index contributed by atoms with van der Waals surface area (Å²) in [5, 5.41) is 3.55. The Balaban J connectivity index is 1.49. The van der Waals surface area contributed by atoms with Gasteiger partial charge in [-0.25, -0.2) is 0 Å². The molecule has 0 aromatic heterocycles. The molecule has 44 heavy (non-hydrogen) atoms. The molecule has 0 aliphatic carbocycles. The van der Waals surface area contributed by atoms with Crippen molar-refractivity contribution >= 4 is 43.5 Å². The Morgan fingerprint density at radius 3 is 2.09 bits per heavy atom. The molecule has 0 unspecified atom stereocenters. The maximum Gasteiger partial charge on any atom is 0.357 e. The Bertz CT molecular complexity index is 1600. The van der Waals surface area contributed by atoms with Crippen LogP contribution in [0.15, 0.2) is 72.8 Å². The highest BCUT2D eigenvalue weighted by Gasteiger charge is 2.33. The number of carbonyl (C=O) groups excluding carboxylic acids is 3. The van der Waals surface area contributed by atoms with Crippen molar-refractivity contribution < 1.29 is 43.1 Å². The average molecular weight is 644 g/mol. The Labute approximate surface area is 254 Å². The fourth-order valence-corrected chi connectivity index (χ4v) is 7.31. The molecule has 0 saturated carbocycles. The molecule has 3 amide bonds. The van der Waals surface area contributed by atoms with Crippen molar-refractivity contribution in [2.75, 3.05) is 6.54 Å². The zero-order valence-corrected chi connectivity index (χ0v) is 25.8. The number of nitrogens with one attached hydrogen (secondary N) is 2. The van der Waals surface area contributed by atoms with E-state index in [0.29, 0.717) is 25.9 Å². The molecule has 14 heteroatoms. The van der Waals surface area contributed by atoms with Gasteiger partial charge in [-0.2, -0.15) is 0 Å². The van der Waals surface area contributed by atoms with Crippen LogP contribution < -0.4 is 21.2 Å². The first-order chi connectivity index (χ1) is 20.7. The van der Waals surface area contributed by atoms with Crippen LogP contribution in [0.1, 0.15) is 37.3 Å². The van der Waals surface area contributed by atoms with Gasteiger partial charge in [0.25, 0.3) is 0 Å². The minimum atomic E-state index is -5.10.